The zero-order valence-corrected chi connectivity index (χ0v) is 13.0. The molecule has 3 aromatic rings. The van der Waals surface area contributed by atoms with E-state index in [1.165, 1.54) is 18.5 Å². The number of halogens is 1. The average Bonchev–Trinajstić information content (AvgIpc) is 3.17. The van der Waals surface area contributed by atoms with Crippen molar-refractivity contribution in [2.45, 2.75) is 0 Å². The summed E-state index contributed by atoms with van der Waals surface area (Å²) >= 11 is 0. The highest BCUT2D eigenvalue weighted by Crippen LogP contribution is 2.20. The Kier molecular flexibility index (Phi) is 3.78. The molecule has 0 atom stereocenters. The second-order valence-electron chi connectivity index (χ2n) is 5.52. The van der Waals surface area contributed by atoms with Gasteiger partial charge in [0.05, 0.1) is 0 Å². The van der Waals surface area contributed by atoms with Crippen LogP contribution in [0.4, 0.5) is 15.9 Å². The van der Waals surface area contributed by atoms with Crippen LogP contribution in [0.5, 0.6) is 0 Å². The van der Waals surface area contributed by atoms with Crippen LogP contribution in [-0.4, -0.2) is 50.9 Å². The van der Waals surface area contributed by atoms with Gasteiger partial charge in [-0.05, 0) is 24.3 Å². The number of rotatable bonds is 3. The molecule has 1 aromatic carbocycles. The number of aromatic nitrogens is 5. The van der Waals surface area contributed by atoms with Crippen LogP contribution in [0.25, 0.3) is 5.82 Å². The molecule has 4 rings (SSSR count). The van der Waals surface area contributed by atoms with Gasteiger partial charge in [-0.3, -0.25) is 0 Å². The zero-order valence-electron chi connectivity index (χ0n) is 13.0. The van der Waals surface area contributed by atoms with Crippen molar-refractivity contribution in [1.82, 2.24) is 24.7 Å². The lowest BCUT2D eigenvalue weighted by Gasteiger charge is -2.36. The Morgan fingerprint density at radius 3 is 2.25 bits per heavy atom. The fourth-order valence-electron chi connectivity index (χ4n) is 2.81. The SMILES string of the molecule is Fc1ccc(N2CCN(c3cc(-n4cncn4)ncn3)CC2)cc1. The van der Waals surface area contributed by atoms with Gasteiger partial charge in [0, 0.05) is 37.9 Å². The Morgan fingerprint density at radius 1 is 0.833 bits per heavy atom. The molecule has 0 spiro atoms. The molecule has 0 N–H and O–H groups in total. The molecule has 2 aromatic heterocycles. The fraction of sp³-hybridized carbons (Fsp3) is 0.250. The van der Waals surface area contributed by atoms with E-state index in [1.807, 2.05) is 18.2 Å². The fourth-order valence-corrected chi connectivity index (χ4v) is 2.81. The third kappa shape index (κ3) is 2.90. The molecule has 0 amide bonds. The Labute approximate surface area is 138 Å². The Hall–Kier alpha value is -3.03. The lowest BCUT2D eigenvalue weighted by Crippen LogP contribution is -2.46. The van der Waals surface area contributed by atoms with Crippen LogP contribution in [-0.2, 0) is 0 Å². The molecule has 0 unspecified atom stereocenters. The minimum atomic E-state index is -0.209. The van der Waals surface area contributed by atoms with Gasteiger partial charge in [0.1, 0.15) is 30.6 Å². The second kappa shape index (κ2) is 6.23. The largest absolute Gasteiger partial charge is 0.368 e. The van der Waals surface area contributed by atoms with Crippen molar-refractivity contribution < 1.29 is 4.39 Å². The summed E-state index contributed by atoms with van der Waals surface area (Å²) in [5.74, 6) is 1.35. The predicted octanol–water partition coefficient (Wildman–Crippen LogP) is 1.52. The lowest BCUT2D eigenvalue weighted by molar-refractivity contribution is 0.624. The maximum atomic E-state index is 13.0. The maximum absolute atomic E-state index is 13.0. The minimum absolute atomic E-state index is 0.209. The summed E-state index contributed by atoms with van der Waals surface area (Å²) in [7, 11) is 0. The summed E-state index contributed by atoms with van der Waals surface area (Å²) in [6, 6.07) is 8.53. The third-order valence-electron chi connectivity index (χ3n) is 4.09. The summed E-state index contributed by atoms with van der Waals surface area (Å²) in [5, 5.41) is 4.09. The topological polar surface area (TPSA) is 63.0 Å². The number of nitrogens with zero attached hydrogens (tertiary/aromatic N) is 7. The van der Waals surface area contributed by atoms with Crippen molar-refractivity contribution in [3.8, 4) is 5.82 Å². The van der Waals surface area contributed by atoms with Gasteiger partial charge in [0.2, 0.25) is 0 Å². The average molecular weight is 325 g/mol. The van der Waals surface area contributed by atoms with Crippen LogP contribution in [0.3, 0.4) is 0 Å². The molecule has 7 nitrogen and oxygen atoms in total. The highest BCUT2D eigenvalue weighted by atomic mass is 19.1. The summed E-state index contributed by atoms with van der Waals surface area (Å²) in [5.41, 5.74) is 1.04. The standard InChI is InChI=1S/C16H16FN7/c17-13-1-3-14(4-2-13)22-5-7-23(8-6-22)15-9-16(20-11-19-15)24-12-18-10-21-24/h1-4,9-12H,5-8H2. The molecule has 3 heterocycles. The van der Waals surface area contributed by atoms with Crippen molar-refractivity contribution in [3.63, 3.8) is 0 Å². The molecule has 24 heavy (non-hydrogen) atoms. The molecule has 1 aliphatic rings. The zero-order chi connectivity index (χ0) is 16.4. The molecular weight excluding hydrogens is 309 g/mol. The molecule has 0 bridgehead atoms. The van der Waals surface area contributed by atoms with Gasteiger partial charge in [-0.2, -0.15) is 5.10 Å². The van der Waals surface area contributed by atoms with Crippen LogP contribution in [0, 0.1) is 5.82 Å². The van der Waals surface area contributed by atoms with Crippen molar-refractivity contribution >= 4 is 11.5 Å². The maximum Gasteiger partial charge on any atom is 0.160 e. The third-order valence-corrected chi connectivity index (χ3v) is 4.09. The number of piperazine rings is 1. The smallest absolute Gasteiger partial charge is 0.160 e. The van der Waals surface area contributed by atoms with E-state index in [-0.39, 0.29) is 5.82 Å². The lowest BCUT2D eigenvalue weighted by atomic mass is 10.2. The van der Waals surface area contributed by atoms with E-state index in [0.29, 0.717) is 5.82 Å². The summed E-state index contributed by atoms with van der Waals surface area (Å²) in [6.07, 6.45) is 4.63. The van der Waals surface area contributed by atoms with Crippen LogP contribution in [0.2, 0.25) is 0 Å². The van der Waals surface area contributed by atoms with Crippen LogP contribution in [0.1, 0.15) is 0 Å². The molecule has 1 fully saturated rings. The van der Waals surface area contributed by atoms with Crippen LogP contribution in [0.15, 0.2) is 49.3 Å². The van der Waals surface area contributed by atoms with E-state index in [1.54, 1.807) is 17.3 Å². The number of anilines is 2. The number of benzene rings is 1. The molecule has 1 saturated heterocycles. The summed E-state index contributed by atoms with van der Waals surface area (Å²) in [6.45, 7) is 3.39. The predicted molar refractivity (Wildman–Crippen MR) is 87.8 cm³/mol. The second-order valence-corrected chi connectivity index (χ2v) is 5.52. The van der Waals surface area contributed by atoms with E-state index >= 15 is 0 Å². The van der Waals surface area contributed by atoms with Crippen molar-refractivity contribution in [3.05, 3.63) is 55.1 Å². The molecule has 0 saturated carbocycles. The van der Waals surface area contributed by atoms with Gasteiger partial charge in [-0.1, -0.05) is 0 Å². The number of hydrogen-bond acceptors (Lipinski definition) is 6. The van der Waals surface area contributed by atoms with Crippen molar-refractivity contribution in [2.24, 2.45) is 0 Å². The van der Waals surface area contributed by atoms with Gasteiger partial charge < -0.3 is 9.80 Å². The van der Waals surface area contributed by atoms with Gasteiger partial charge in [-0.15, -0.1) is 0 Å². The highest BCUT2D eigenvalue weighted by Gasteiger charge is 2.19. The van der Waals surface area contributed by atoms with Gasteiger partial charge in [0.25, 0.3) is 0 Å². The summed E-state index contributed by atoms with van der Waals surface area (Å²) in [4.78, 5) is 17.0. The van der Waals surface area contributed by atoms with E-state index < -0.39 is 0 Å². The quantitative estimate of drug-likeness (QED) is 0.728. The Balaban J connectivity index is 1.46. The highest BCUT2D eigenvalue weighted by molar-refractivity contribution is 5.50. The van der Waals surface area contributed by atoms with Gasteiger partial charge >= 0.3 is 0 Å². The van der Waals surface area contributed by atoms with Crippen LogP contribution < -0.4 is 9.80 Å². The first-order valence-electron chi connectivity index (χ1n) is 7.72. The molecular formula is C16H16FN7. The van der Waals surface area contributed by atoms with Gasteiger partial charge in [-0.25, -0.2) is 24.0 Å². The van der Waals surface area contributed by atoms with Crippen molar-refractivity contribution in [1.29, 1.82) is 0 Å². The molecule has 1 aliphatic heterocycles. The minimum Gasteiger partial charge on any atom is -0.368 e. The van der Waals surface area contributed by atoms with Crippen LogP contribution >= 0.6 is 0 Å². The first-order chi connectivity index (χ1) is 11.8. The van der Waals surface area contributed by atoms with Gasteiger partial charge in [0.15, 0.2) is 5.82 Å². The normalized spacial score (nSPS) is 14.9. The first-order valence-corrected chi connectivity index (χ1v) is 7.72. The molecule has 8 heteroatoms. The van der Waals surface area contributed by atoms with E-state index in [0.717, 1.165) is 37.7 Å². The monoisotopic (exact) mass is 325 g/mol. The molecule has 122 valence electrons. The number of hydrogen-bond donors (Lipinski definition) is 0. The van der Waals surface area contributed by atoms with Crippen molar-refractivity contribution in [2.75, 3.05) is 36.0 Å². The first kappa shape index (κ1) is 14.6. The van der Waals surface area contributed by atoms with E-state index in [2.05, 4.69) is 29.9 Å². The Bertz CT molecular complexity index is 796. The molecule has 0 radical (unpaired) electrons. The Morgan fingerprint density at radius 2 is 1.54 bits per heavy atom. The molecule has 0 aliphatic carbocycles. The van der Waals surface area contributed by atoms with E-state index in [9.17, 15) is 4.39 Å². The summed E-state index contributed by atoms with van der Waals surface area (Å²) < 4.78 is 14.7. The van der Waals surface area contributed by atoms with E-state index in [4.69, 9.17) is 0 Å².